The molecule has 4 aromatic rings. The van der Waals surface area contributed by atoms with Crippen LogP contribution in [0.2, 0.25) is 0 Å². The molecular weight excluding hydrogens is 356 g/mol. The molecule has 5 rings (SSSR count). The summed E-state index contributed by atoms with van der Waals surface area (Å²) in [6.45, 7) is 0. The van der Waals surface area contributed by atoms with Crippen molar-refractivity contribution in [2.45, 2.75) is 11.3 Å². The van der Waals surface area contributed by atoms with Gasteiger partial charge in [-0.2, -0.15) is 0 Å². The molecule has 1 aliphatic rings. The number of hydrogen-bond acceptors (Lipinski definition) is 7. The molecule has 0 fully saturated rings. The maximum Gasteiger partial charge on any atom is 0.179 e. The Labute approximate surface area is 147 Å². The summed E-state index contributed by atoms with van der Waals surface area (Å²) in [5, 5.41) is 4.10. The van der Waals surface area contributed by atoms with Crippen molar-refractivity contribution in [1.82, 2.24) is 15.0 Å². The minimum absolute atomic E-state index is 0.141. The Bertz CT molecular complexity index is 1250. The highest BCUT2D eigenvalue weighted by Gasteiger charge is 2.29. The Morgan fingerprint density at radius 2 is 1.92 bits per heavy atom. The first-order valence-electron chi connectivity index (χ1n) is 7.71. The van der Waals surface area contributed by atoms with Crippen molar-refractivity contribution in [3.63, 3.8) is 0 Å². The second kappa shape index (κ2) is 5.21. The van der Waals surface area contributed by atoms with Crippen LogP contribution in [0, 0.1) is 0 Å². The van der Waals surface area contributed by atoms with E-state index in [4.69, 9.17) is 0 Å². The number of anilines is 2. The van der Waals surface area contributed by atoms with Crippen molar-refractivity contribution in [3.05, 3.63) is 47.7 Å². The largest absolute Gasteiger partial charge is 0.340 e. The highest BCUT2D eigenvalue weighted by molar-refractivity contribution is 7.91. The molecule has 0 aliphatic carbocycles. The number of fused-ring (bicyclic) bond motifs is 4. The molecule has 6 nitrogen and oxygen atoms in total. The Morgan fingerprint density at radius 3 is 2.84 bits per heavy atom. The lowest BCUT2D eigenvalue weighted by molar-refractivity contribution is 0.600. The van der Waals surface area contributed by atoms with Gasteiger partial charge in [-0.1, -0.05) is 0 Å². The summed E-state index contributed by atoms with van der Waals surface area (Å²) in [5.74, 6) is 0.769. The first-order chi connectivity index (χ1) is 12.1. The van der Waals surface area contributed by atoms with Gasteiger partial charge in [0.15, 0.2) is 9.84 Å². The number of hydrogen-bond donors (Lipinski definition) is 1. The van der Waals surface area contributed by atoms with Gasteiger partial charge in [-0.3, -0.25) is 0 Å². The molecule has 124 valence electrons. The fraction of sp³-hybridized carbons (Fsp3) is 0.118. The van der Waals surface area contributed by atoms with E-state index in [2.05, 4.69) is 20.3 Å². The maximum absolute atomic E-state index is 12.2. The van der Waals surface area contributed by atoms with Crippen LogP contribution in [-0.4, -0.2) is 29.1 Å². The van der Waals surface area contributed by atoms with Gasteiger partial charge in [0, 0.05) is 11.1 Å². The Balaban J connectivity index is 1.69. The van der Waals surface area contributed by atoms with Gasteiger partial charge >= 0.3 is 0 Å². The molecule has 8 heteroatoms. The summed E-state index contributed by atoms with van der Waals surface area (Å²) in [4.78, 5) is 13.3. The van der Waals surface area contributed by atoms with Crippen LogP contribution in [0.25, 0.3) is 21.1 Å². The number of thiazole rings is 1. The summed E-state index contributed by atoms with van der Waals surface area (Å²) in [6, 6.07) is 9.31. The van der Waals surface area contributed by atoms with E-state index in [1.165, 1.54) is 6.33 Å². The monoisotopic (exact) mass is 368 g/mol. The maximum atomic E-state index is 12.2. The zero-order valence-corrected chi connectivity index (χ0v) is 14.6. The van der Waals surface area contributed by atoms with E-state index in [0.29, 0.717) is 17.1 Å². The van der Waals surface area contributed by atoms with Crippen LogP contribution in [0.1, 0.15) is 5.56 Å². The summed E-state index contributed by atoms with van der Waals surface area (Å²) < 4.78 is 25.5. The van der Waals surface area contributed by atoms with Gasteiger partial charge in [0.25, 0.3) is 0 Å². The third kappa shape index (κ3) is 2.29. The third-order valence-electron chi connectivity index (χ3n) is 4.42. The van der Waals surface area contributed by atoms with Crippen LogP contribution in [0.4, 0.5) is 11.5 Å². The number of nitrogens with zero attached hydrogens (tertiary/aromatic N) is 3. The normalized spacial score (nSPS) is 15.5. The number of aromatic nitrogens is 3. The molecule has 0 saturated heterocycles. The van der Waals surface area contributed by atoms with Crippen LogP contribution in [-0.2, 0) is 16.3 Å². The van der Waals surface area contributed by atoms with Crippen LogP contribution >= 0.6 is 11.3 Å². The minimum Gasteiger partial charge on any atom is -0.340 e. The van der Waals surface area contributed by atoms with Crippen molar-refractivity contribution in [2.24, 2.45) is 0 Å². The van der Waals surface area contributed by atoms with E-state index in [1.54, 1.807) is 23.5 Å². The predicted octanol–water partition coefficient (Wildman–Crippen LogP) is 3.31. The van der Waals surface area contributed by atoms with Gasteiger partial charge < -0.3 is 5.32 Å². The average Bonchev–Trinajstić information content (AvgIpc) is 3.19. The number of aryl methyl sites for hydroxylation is 1. The Hall–Kier alpha value is -2.58. The average molecular weight is 368 g/mol. The van der Waals surface area contributed by atoms with Crippen LogP contribution in [0.5, 0.6) is 0 Å². The lowest BCUT2D eigenvalue weighted by Gasteiger charge is -2.11. The van der Waals surface area contributed by atoms with E-state index in [1.807, 2.05) is 23.7 Å². The molecule has 25 heavy (non-hydrogen) atoms. The summed E-state index contributed by atoms with van der Waals surface area (Å²) in [7, 11) is -3.20. The molecule has 3 heterocycles. The molecule has 0 unspecified atom stereocenters. The Morgan fingerprint density at radius 1 is 1.04 bits per heavy atom. The second-order valence-electron chi connectivity index (χ2n) is 5.89. The lowest BCUT2D eigenvalue weighted by Crippen LogP contribution is -2.00. The highest BCUT2D eigenvalue weighted by atomic mass is 32.2. The van der Waals surface area contributed by atoms with Gasteiger partial charge in [0.05, 0.1) is 31.9 Å². The van der Waals surface area contributed by atoms with Gasteiger partial charge in [-0.15, -0.1) is 11.3 Å². The topological polar surface area (TPSA) is 84.8 Å². The van der Waals surface area contributed by atoms with Crippen molar-refractivity contribution in [2.75, 3.05) is 11.1 Å². The van der Waals surface area contributed by atoms with Crippen LogP contribution < -0.4 is 5.32 Å². The first kappa shape index (κ1) is 14.7. The summed E-state index contributed by atoms with van der Waals surface area (Å²) in [5.41, 5.74) is 5.20. The molecular formula is C17H12N4O2S2. The number of benzene rings is 2. The molecule has 0 saturated carbocycles. The fourth-order valence-electron chi connectivity index (χ4n) is 3.25. The van der Waals surface area contributed by atoms with Crippen LogP contribution in [0.15, 0.2) is 47.1 Å². The molecule has 0 radical (unpaired) electrons. The third-order valence-corrected chi connectivity index (χ3v) is 7.00. The van der Waals surface area contributed by atoms with Crippen LogP contribution in [0.3, 0.4) is 0 Å². The van der Waals surface area contributed by atoms with Gasteiger partial charge in [-0.05, 0) is 42.3 Å². The molecule has 0 bridgehead atoms. The second-order valence-corrected chi connectivity index (χ2v) is 8.85. The molecule has 0 atom stereocenters. The molecule has 2 aromatic heterocycles. The SMILES string of the molecule is O=S1(=O)CCc2c1ccc1ncnc(Nc3ccc4ncsc4c3)c21. The van der Waals surface area contributed by atoms with E-state index >= 15 is 0 Å². The molecule has 1 aliphatic heterocycles. The zero-order chi connectivity index (χ0) is 17.0. The fourth-order valence-corrected chi connectivity index (χ4v) is 5.52. The lowest BCUT2D eigenvalue weighted by atomic mass is 10.1. The number of rotatable bonds is 2. The van der Waals surface area contributed by atoms with Gasteiger partial charge in [-0.25, -0.2) is 23.4 Å². The van der Waals surface area contributed by atoms with Gasteiger partial charge in [0.2, 0.25) is 0 Å². The van der Waals surface area contributed by atoms with E-state index < -0.39 is 9.84 Å². The zero-order valence-electron chi connectivity index (χ0n) is 12.9. The minimum atomic E-state index is -3.20. The van der Waals surface area contributed by atoms with E-state index in [0.717, 1.165) is 32.4 Å². The summed E-state index contributed by atoms with van der Waals surface area (Å²) in [6.07, 6.45) is 1.98. The molecule has 0 spiro atoms. The van der Waals surface area contributed by atoms with E-state index in [-0.39, 0.29) is 5.75 Å². The van der Waals surface area contributed by atoms with Crippen molar-refractivity contribution >= 4 is 53.8 Å². The molecule has 0 amide bonds. The van der Waals surface area contributed by atoms with Crippen molar-refractivity contribution < 1.29 is 8.42 Å². The predicted molar refractivity (Wildman–Crippen MR) is 98.2 cm³/mol. The van der Waals surface area contributed by atoms with E-state index in [9.17, 15) is 8.42 Å². The molecule has 2 aromatic carbocycles. The standard InChI is InChI=1S/C17H12N4O2S2/c22-25(23)6-5-11-15(25)4-3-13-16(11)17(19-8-18-13)21-10-1-2-12-14(7-10)24-9-20-12/h1-4,7-9H,5-6H2,(H,18,19,21). The van der Waals surface area contributed by atoms with Crippen molar-refractivity contribution in [3.8, 4) is 0 Å². The van der Waals surface area contributed by atoms with Crippen molar-refractivity contribution in [1.29, 1.82) is 0 Å². The highest BCUT2D eigenvalue weighted by Crippen LogP contribution is 2.36. The smallest absolute Gasteiger partial charge is 0.179 e. The Kier molecular flexibility index (Phi) is 3.07. The first-order valence-corrected chi connectivity index (χ1v) is 10.2. The number of nitrogens with one attached hydrogen (secondary N) is 1. The quantitative estimate of drug-likeness (QED) is 0.584. The summed E-state index contributed by atoms with van der Waals surface area (Å²) >= 11 is 1.57. The van der Waals surface area contributed by atoms with Gasteiger partial charge in [0.1, 0.15) is 12.1 Å². The molecule has 1 N–H and O–H groups in total. The number of sulfone groups is 1.